The molecule has 5 nitrogen and oxygen atoms in total. The molecule has 0 radical (unpaired) electrons. The monoisotopic (exact) mass is 294 g/mol. The first-order valence-corrected chi connectivity index (χ1v) is 7.37. The van der Waals surface area contributed by atoms with Crippen LogP contribution in [0.25, 0.3) is 0 Å². The third-order valence-corrected chi connectivity index (χ3v) is 4.35. The molecule has 1 unspecified atom stereocenters. The Bertz CT molecular complexity index is 493. The van der Waals surface area contributed by atoms with E-state index in [9.17, 15) is 5.11 Å². The minimum Gasteiger partial charge on any atom is -0.493 e. The Hall–Kier alpha value is -1.30. The van der Waals surface area contributed by atoms with Crippen LogP contribution in [0.5, 0.6) is 11.5 Å². The van der Waals surface area contributed by atoms with Crippen LogP contribution >= 0.6 is 0 Å². The molecule has 1 N–H and O–H groups in total. The molecule has 116 valence electrons. The Morgan fingerprint density at radius 2 is 1.86 bits per heavy atom. The summed E-state index contributed by atoms with van der Waals surface area (Å²) in [5, 5.41) is 9.62. The highest BCUT2D eigenvalue weighted by atomic mass is 16.7. The zero-order valence-electron chi connectivity index (χ0n) is 12.5. The van der Waals surface area contributed by atoms with Crippen LogP contribution in [0.2, 0.25) is 0 Å². The van der Waals surface area contributed by atoms with Gasteiger partial charge in [-0.3, -0.25) is 0 Å². The second kappa shape index (κ2) is 5.83. The van der Waals surface area contributed by atoms with Gasteiger partial charge in [0.2, 0.25) is 0 Å². The average Bonchev–Trinajstić information content (AvgIpc) is 2.94. The van der Waals surface area contributed by atoms with Crippen LogP contribution in [0.15, 0.2) is 18.2 Å². The lowest BCUT2D eigenvalue weighted by Gasteiger charge is -2.34. The van der Waals surface area contributed by atoms with Crippen molar-refractivity contribution in [2.75, 3.05) is 20.8 Å². The zero-order chi connectivity index (χ0) is 14.9. The Morgan fingerprint density at radius 3 is 2.52 bits per heavy atom. The van der Waals surface area contributed by atoms with Crippen molar-refractivity contribution in [3.05, 3.63) is 23.8 Å². The van der Waals surface area contributed by atoms with E-state index in [2.05, 4.69) is 0 Å². The van der Waals surface area contributed by atoms with Gasteiger partial charge >= 0.3 is 0 Å². The predicted molar refractivity (Wildman–Crippen MR) is 76.5 cm³/mol. The molecule has 1 aromatic carbocycles. The maximum absolute atomic E-state index is 9.62. The van der Waals surface area contributed by atoms with Crippen molar-refractivity contribution in [2.24, 2.45) is 0 Å². The van der Waals surface area contributed by atoms with Crippen molar-refractivity contribution in [3.8, 4) is 11.5 Å². The van der Waals surface area contributed by atoms with Gasteiger partial charge in [0.15, 0.2) is 17.3 Å². The molecule has 0 bridgehead atoms. The standard InChI is InChI=1S/C16H22O5/c1-18-13-4-3-11(9-14(13)19-2)15-10-20-16(21-15)7-5-12(17)6-8-16/h3-4,9,12,15,17H,5-8,10H2,1-2H3. The Kier molecular flexibility index (Phi) is 4.06. The van der Waals surface area contributed by atoms with E-state index in [1.54, 1.807) is 14.2 Å². The lowest BCUT2D eigenvalue weighted by molar-refractivity contribution is -0.198. The van der Waals surface area contributed by atoms with E-state index < -0.39 is 5.79 Å². The van der Waals surface area contributed by atoms with E-state index in [-0.39, 0.29) is 12.2 Å². The van der Waals surface area contributed by atoms with E-state index >= 15 is 0 Å². The Labute approximate surface area is 124 Å². The van der Waals surface area contributed by atoms with Crippen molar-refractivity contribution >= 4 is 0 Å². The summed E-state index contributed by atoms with van der Waals surface area (Å²) in [5.41, 5.74) is 1.02. The van der Waals surface area contributed by atoms with Gasteiger partial charge in [0.05, 0.1) is 26.9 Å². The van der Waals surface area contributed by atoms with Gasteiger partial charge in [-0.2, -0.15) is 0 Å². The summed E-state index contributed by atoms with van der Waals surface area (Å²) in [6.07, 6.45) is 2.65. The van der Waals surface area contributed by atoms with E-state index in [1.165, 1.54) is 0 Å². The first-order valence-electron chi connectivity index (χ1n) is 7.37. The molecule has 21 heavy (non-hydrogen) atoms. The number of hydrogen-bond donors (Lipinski definition) is 1. The highest BCUT2D eigenvalue weighted by Gasteiger charge is 2.44. The molecule has 0 aromatic heterocycles. The third-order valence-electron chi connectivity index (χ3n) is 4.35. The van der Waals surface area contributed by atoms with Crippen LogP contribution in [0.4, 0.5) is 0 Å². The number of ether oxygens (including phenoxy) is 4. The quantitative estimate of drug-likeness (QED) is 0.928. The Morgan fingerprint density at radius 1 is 1.14 bits per heavy atom. The highest BCUT2D eigenvalue weighted by Crippen LogP contribution is 2.43. The largest absolute Gasteiger partial charge is 0.493 e. The molecule has 1 aliphatic heterocycles. The first-order chi connectivity index (χ1) is 10.2. The predicted octanol–water partition coefficient (Wildman–Crippen LogP) is 2.42. The number of rotatable bonds is 3. The normalized spacial score (nSPS) is 32.3. The summed E-state index contributed by atoms with van der Waals surface area (Å²) < 4.78 is 22.7. The Balaban J connectivity index is 1.74. The van der Waals surface area contributed by atoms with Crippen LogP contribution in [-0.4, -0.2) is 37.8 Å². The lowest BCUT2D eigenvalue weighted by Crippen LogP contribution is -2.36. The highest BCUT2D eigenvalue weighted by molar-refractivity contribution is 5.43. The smallest absolute Gasteiger partial charge is 0.169 e. The summed E-state index contributed by atoms with van der Waals surface area (Å²) >= 11 is 0. The zero-order valence-corrected chi connectivity index (χ0v) is 12.5. The third kappa shape index (κ3) is 2.86. The molecular formula is C16H22O5. The molecule has 1 atom stereocenters. The molecule has 3 rings (SSSR count). The van der Waals surface area contributed by atoms with Crippen LogP contribution in [-0.2, 0) is 9.47 Å². The lowest BCUT2D eigenvalue weighted by atomic mass is 9.92. The van der Waals surface area contributed by atoms with Gasteiger partial charge in [0.25, 0.3) is 0 Å². The summed E-state index contributed by atoms with van der Waals surface area (Å²) in [6.45, 7) is 0.533. The van der Waals surface area contributed by atoms with Gasteiger partial charge in [0.1, 0.15) is 6.10 Å². The topological polar surface area (TPSA) is 57.2 Å². The van der Waals surface area contributed by atoms with Gasteiger partial charge in [-0.15, -0.1) is 0 Å². The molecule has 5 heteroatoms. The number of aliphatic hydroxyl groups is 1. The number of methoxy groups -OCH3 is 2. The van der Waals surface area contributed by atoms with E-state index in [0.29, 0.717) is 18.1 Å². The number of aliphatic hydroxyl groups excluding tert-OH is 1. The second-order valence-corrected chi connectivity index (χ2v) is 5.67. The fraction of sp³-hybridized carbons (Fsp3) is 0.625. The average molecular weight is 294 g/mol. The van der Waals surface area contributed by atoms with Crippen molar-refractivity contribution in [3.63, 3.8) is 0 Å². The molecule has 2 aliphatic rings. The first kappa shape index (κ1) is 14.6. The molecule has 1 spiro atoms. The molecule has 1 saturated heterocycles. The van der Waals surface area contributed by atoms with E-state index in [4.69, 9.17) is 18.9 Å². The fourth-order valence-corrected chi connectivity index (χ4v) is 3.08. The van der Waals surface area contributed by atoms with Gasteiger partial charge in [-0.05, 0) is 30.5 Å². The molecule has 1 aromatic rings. The van der Waals surface area contributed by atoms with Crippen molar-refractivity contribution in [1.82, 2.24) is 0 Å². The molecule has 1 aliphatic carbocycles. The summed E-state index contributed by atoms with van der Waals surface area (Å²) in [5.74, 6) is 0.881. The number of benzene rings is 1. The van der Waals surface area contributed by atoms with Crippen LogP contribution in [0.1, 0.15) is 37.4 Å². The van der Waals surface area contributed by atoms with Gasteiger partial charge in [-0.1, -0.05) is 6.07 Å². The molecule has 0 amide bonds. The van der Waals surface area contributed by atoms with Crippen molar-refractivity contribution < 1.29 is 24.1 Å². The molecular weight excluding hydrogens is 272 g/mol. The molecule has 2 fully saturated rings. The molecule has 1 saturated carbocycles. The van der Waals surface area contributed by atoms with E-state index in [1.807, 2.05) is 18.2 Å². The summed E-state index contributed by atoms with van der Waals surface area (Å²) in [4.78, 5) is 0. The number of hydrogen-bond acceptors (Lipinski definition) is 5. The maximum atomic E-state index is 9.62. The van der Waals surface area contributed by atoms with Crippen LogP contribution in [0.3, 0.4) is 0 Å². The molecule has 1 heterocycles. The van der Waals surface area contributed by atoms with Crippen LogP contribution in [0, 0.1) is 0 Å². The van der Waals surface area contributed by atoms with E-state index in [0.717, 1.165) is 31.2 Å². The van der Waals surface area contributed by atoms with Crippen LogP contribution < -0.4 is 9.47 Å². The minimum atomic E-state index is -0.517. The van der Waals surface area contributed by atoms with Gasteiger partial charge in [0, 0.05) is 12.8 Å². The summed E-state index contributed by atoms with van der Waals surface area (Å²) in [7, 11) is 3.24. The van der Waals surface area contributed by atoms with Crippen molar-refractivity contribution in [1.29, 1.82) is 0 Å². The van der Waals surface area contributed by atoms with Gasteiger partial charge in [-0.25, -0.2) is 0 Å². The van der Waals surface area contributed by atoms with Gasteiger partial charge < -0.3 is 24.1 Å². The fourth-order valence-electron chi connectivity index (χ4n) is 3.08. The van der Waals surface area contributed by atoms with Crippen molar-refractivity contribution in [2.45, 2.75) is 43.7 Å². The second-order valence-electron chi connectivity index (χ2n) is 5.67. The SMILES string of the molecule is COc1ccc(C2COC3(CCC(O)CC3)O2)cc1OC. The maximum Gasteiger partial charge on any atom is 0.169 e. The minimum absolute atomic E-state index is 0.0972. The summed E-state index contributed by atoms with van der Waals surface area (Å²) in [6, 6.07) is 5.79.